The highest BCUT2D eigenvalue weighted by atomic mass is 35.5. The number of rotatable bonds is 3. The van der Waals surface area contributed by atoms with Crippen LogP contribution in [0.1, 0.15) is 5.56 Å². The van der Waals surface area contributed by atoms with Gasteiger partial charge in [-0.1, -0.05) is 11.6 Å². The molecule has 2 N–H and O–H groups in total. The van der Waals surface area contributed by atoms with E-state index >= 15 is 0 Å². The Morgan fingerprint density at radius 1 is 1.60 bits per heavy atom. The molecule has 1 aromatic rings. The summed E-state index contributed by atoms with van der Waals surface area (Å²) in [5.41, 5.74) is 1.39. The lowest BCUT2D eigenvalue weighted by atomic mass is 10.2. The van der Waals surface area contributed by atoms with Crippen LogP contribution in [0, 0.1) is 6.92 Å². The van der Waals surface area contributed by atoms with Crippen LogP contribution < -0.4 is 10.1 Å². The van der Waals surface area contributed by atoms with Gasteiger partial charge in [0.15, 0.2) is 0 Å². The van der Waals surface area contributed by atoms with E-state index in [4.69, 9.17) is 21.4 Å². The van der Waals surface area contributed by atoms with Gasteiger partial charge in [-0.25, -0.2) is 0 Å². The first-order valence-electron chi connectivity index (χ1n) is 4.33. The van der Waals surface area contributed by atoms with Crippen LogP contribution in [-0.2, 0) is 4.79 Å². The first-order chi connectivity index (χ1) is 7.08. The summed E-state index contributed by atoms with van der Waals surface area (Å²) >= 11 is 5.89. The predicted molar refractivity (Wildman–Crippen MR) is 58.5 cm³/mol. The van der Waals surface area contributed by atoms with E-state index in [1.165, 1.54) is 7.11 Å². The van der Waals surface area contributed by atoms with E-state index in [1.807, 2.05) is 6.92 Å². The van der Waals surface area contributed by atoms with E-state index in [9.17, 15) is 4.79 Å². The molecule has 0 saturated carbocycles. The molecule has 0 aliphatic rings. The predicted octanol–water partition coefficient (Wildman–Crippen LogP) is 1.59. The molecule has 1 aromatic carbocycles. The molecule has 1 rings (SSSR count). The second-order valence-electron chi connectivity index (χ2n) is 3.01. The number of carbonyl (C=O) groups is 1. The second kappa shape index (κ2) is 5.00. The number of halogens is 1. The number of hydrogen-bond acceptors (Lipinski definition) is 3. The van der Waals surface area contributed by atoms with Crippen molar-refractivity contribution in [3.05, 3.63) is 22.7 Å². The van der Waals surface area contributed by atoms with Crippen LogP contribution in [0.15, 0.2) is 12.1 Å². The number of nitrogens with one attached hydrogen (secondary N) is 1. The Bertz CT molecular complexity index is 379. The summed E-state index contributed by atoms with van der Waals surface area (Å²) in [5, 5.41) is 11.5. The summed E-state index contributed by atoms with van der Waals surface area (Å²) in [4.78, 5) is 11.0. The lowest BCUT2D eigenvalue weighted by molar-refractivity contribution is -0.118. The summed E-state index contributed by atoms with van der Waals surface area (Å²) in [6, 6.07) is 3.30. The fourth-order valence-corrected chi connectivity index (χ4v) is 1.38. The monoisotopic (exact) mass is 229 g/mol. The van der Waals surface area contributed by atoms with E-state index in [0.29, 0.717) is 16.5 Å². The highest BCUT2D eigenvalue weighted by molar-refractivity contribution is 6.32. The van der Waals surface area contributed by atoms with Crippen molar-refractivity contribution >= 4 is 23.2 Å². The summed E-state index contributed by atoms with van der Waals surface area (Å²) in [6.07, 6.45) is 0. The highest BCUT2D eigenvalue weighted by Crippen LogP contribution is 2.30. The topological polar surface area (TPSA) is 58.6 Å². The van der Waals surface area contributed by atoms with Gasteiger partial charge in [0.1, 0.15) is 12.4 Å². The van der Waals surface area contributed by atoms with Gasteiger partial charge in [0, 0.05) is 5.69 Å². The second-order valence-corrected chi connectivity index (χ2v) is 3.42. The minimum absolute atomic E-state index is 0.413. The minimum Gasteiger partial charge on any atom is -0.495 e. The van der Waals surface area contributed by atoms with Gasteiger partial charge >= 0.3 is 0 Å². The summed E-state index contributed by atoms with van der Waals surface area (Å²) in [5.74, 6) is 0.0792. The Hall–Kier alpha value is -1.26. The van der Waals surface area contributed by atoms with Crippen LogP contribution in [-0.4, -0.2) is 24.7 Å². The molecule has 0 saturated heterocycles. The maximum absolute atomic E-state index is 11.0. The average molecular weight is 230 g/mol. The minimum atomic E-state index is -0.552. The number of anilines is 1. The number of aliphatic hydroxyl groups excluding tert-OH is 1. The van der Waals surface area contributed by atoms with Gasteiger partial charge in [0.25, 0.3) is 0 Å². The zero-order valence-electron chi connectivity index (χ0n) is 8.50. The van der Waals surface area contributed by atoms with Crippen molar-refractivity contribution in [2.45, 2.75) is 6.92 Å². The number of benzene rings is 1. The molecule has 82 valence electrons. The van der Waals surface area contributed by atoms with Gasteiger partial charge in [-0.05, 0) is 24.6 Å². The maximum atomic E-state index is 11.0. The Balaban J connectivity index is 3.00. The Morgan fingerprint density at radius 2 is 2.27 bits per heavy atom. The van der Waals surface area contributed by atoms with E-state index < -0.39 is 12.5 Å². The summed E-state index contributed by atoms with van der Waals surface area (Å²) in [7, 11) is 1.52. The molecule has 0 aliphatic heterocycles. The maximum Gasteiger partial charge on any atom is 0.250 e. The fourth-order valence-electron chi connectivity index (χ4n) is 1.14. The largest absolute Gasteiger partial charge is 0.495 e. The number of hydrogen-bond donors (Lipinski definition) is 2. The molecule has 0 fully saturated rings. The van der Waals surface area contributed by atoms with E-state index in [1.54, 1.807) is 12.1 Å². The normalized spacial score (nSPS) is 9.87. The lowest BCUT2D eigenvalue weighted by Gasteiger charge is -2.10. The van der Waals surface area contributed by atoms with Gasteiger partial charge in [-0.3, -0.25) is 4.79 Å². The van der Waals surface area contributed by atoms with Gasteiger partial charge in [-0.2, -0.15) is 0 Å². The zero-order valence-corrected chi connectivity index (χ0v) is 9.26. The highest BCUT2D eigenvalue weighted by Gasteiger charge is 2.08. The number of amides is 1. The number of carbonyl (C=O) groups excluding carboxylic acids is 1. The number of aliphatic hydroxyl groups is 1. The molecule has 5 heteroatoms. The van der Waals surface area contributed by atoms with Gasteiger partial charge in [0.2, 0.25) is 5.91 Å². The Labute approximate surface area is 92.8 Å². The fraction of sp³-hybridized carbons (Fsp3) is 0.300. The molecule has 0 aromatic heterocycles. The molecule has 0 atom stereocenters. The first-order valence-corrected chi connectivity index (χ1v) is 4.71. The Kier molecular flexibility index (Phi) is 3.94. The molecular formula is C10H12ClNO3. The molecule has 0 spiro atoms. The van der Waals surface area contributed by atoms with Crippen molar-refractivity contribution < 1.29 is 14.6 Å². The molecular weight excluding hydrogens is 218 g/mol. The van der Waals surface area contributed by atoms with Crippen molar-refractivity contribution in [1.29, 1.82) is 0 Å². The molecule has 0 radical (unpaired) electrons. The van der Waals surface area contributed by atoms with Crippen LogP contribution in [0.2, 0.25) is 5.02 Å². The van der Waals surface area contributed by atoms with E-state index in [0.717, 1.165) is 5.56 Å². The molecule has 4 nitrogen and oxygen atoms in total. The van der Waals surface area contributed by atoms with Crippen molar-refractivity contribution in [2.24, 2.45) is 0 Å². The van der Waals surface area contributed by atoms with Gasteiger partial charge in [0.05, 0.1) is 12.1 Å². The lowest BCUT2D eigenvalue weighted by Crippen LogP contribution is -2.16. The number of ether oxygens (including phenoxy) is 1. The van der Waals surface area contributed by atoms with Gasteiger partial charge < -0.3 is 15.2 Å². The van der Waals surface area contributed by atoms with Gasteiger partial charge in [-0.15, -0.1) is 0 Å². The third kappa shape index (κ3) is 2.84. The van der Waals surface area contributed by atoms with Crippen molar-refractivity contribution in [3.8, 4) is 5.75 Å². The quantitative estimate of drug-likeness (QED) is 0.828. The van der Waals surface area contributed by atoms with Crippen LogP contribution in [0.5, 0.6) is 5.75 Å². The Morgan fingerprint density at radius 3 is 2.80 bits per heavy atom. The zero-order chi connectivity index (χ0) is 11.4. The van der Waals surface area contributed by atoms with Crippen molar-refractivity contribution in [2.75, 3.05) is 19.0 Å². The molecule has 1 amide bonds. The number of methoxy groups -OCH3 is 1. The van der Waals surface area contributed by atoms with Crippen LogP contribution in [0.25, 0.3) is 0 Å². The molecule has 15 heavy (non-hydrogen) atoms. The first kappa shape index (κ1) is 11.8. The molecule has 0 heterocycles. The third-order valence-electron chi connectivity index (χ3n) is 1.92. The van der Waals surface area contributed by atoms with Crippen molar-refractivity contribution in [3.63, 3.8) is 0 Å². The third-order valence-corrected chi connectivity index (χ3v) is 2.21. The van der Waals surface area contributed by atoms with E-state index in [-0.39, 0.29) is 0 Å². The SMILES string of the molecule is COc1cc(C)c(NC(=O)CO)cc1Cl. The smallest absolute Gasteiger partial charge is 0.250 e. The molecule has 0 bridgehead atoms. The standard InChI is InChI=1S/C10H12ClNO3/c1-6-3-9(15-2)7(11)4-8(6)12-10(14)5-13/h3-4,13H,5H2,1-2H3,(H,12,14). The van der Waals surface area contributed by atoms with E-state index in [2.05, 4.69) is 5.32 Å². The van der Waals surface area contributed by atoms with Crippen LogP contribution in [0.3, 0.4) is 0 Å². The molecule has 0 aliphatic carbocycles. The summed E-state index contributed by atoms with van der Waals surface area (Å²) in [6.45, 7) is 1.26. The summed E-state index contributed by atoms with van der Waals surface area (Å²) < 4.78 is 5.02. The van der Waals surface area contributed by atoms with Crippen LogP contribution >= 0.6 is 11.6 Å². The number of aryl methyl sites for hydroxylation is 1. The van der Waals surface area contributed by atoms with Crippen LogP contribution in [0.4, 0.5) is 5.69 Å². The average Bonchev–Trinajstić information content (AvgIpc) is 2.22. The van der Waals surface area contributed by atoms with Crippen molar-refractivity contribution in [1.82, 2.24) is 0 Å². The molecule has 0 unspecified atom stereocenters.